The molecule has 0 radical (unpaired) electrons. The number of imide groups is 2. The Morgan fingerprint density at radius 1 is 0.822 bits per heavy atom. The molecular formula is C34H26Cl2F2N2O5. The normalized spacial score (nSPS) is 29.1. The molecule has 7 rings (SSSR count). The van der Waals surface area contributed by atoms with E-state index in [1.165, 1.54) is 24.3 Å². The van der Waals surface area contributed by atoms with Gasteiger partial charge in [-0.15, -0.1) is 0 Å². The van der Waals surface area contributed by atoms with Gasteiger partial charge in [-0.1, -0.05) is 47.0 Å². The van der Waals surface area contributed by atoms with E-state index in [4.69, 9.17) is 23.2 Å². The lowest BCUT2D eigenvalue weighted by molar-refractivity contribution is -0.131. The van der Waals surface area contributed by atoms with Crippen LogP contribution >= 0.6 is 23.2 Å². The molecule has 6 unspecified atom stereocenters. The van der Waals surface area contributed by atoms with Gasteiger partial charge in [-0.3, -0.25) is 19.2 Å². The number of nitrogens with zero attached hydrogens (tertiary/aromatic N) is 2. The summed E-state index contributed by atoms with van der Waals surface area (Å²) in [5, 5.41) is 10.1. The molecule has 1 saturated carbocycles. The first kappa shape index (κ1) is 29.6. The molecule has 6 atom stereocenters. The van der Waals surface area contributed by atoms with Gasteiger partial charge in [-0.25, -0.2) is 18.6 Å². The third-order valence-corrected chi connectivity index (χ3v) is 10.9. The fourth-order valence-electron chi connectivity index (χ4n) is 7.94. The van der Waals surface area contributed by atoms with Crippen LogP contribution in [0.4, 0.5) is 20.2 Å². The first-order chi connectivity index (χ1) is 21.3. The summed E-state index contributed by atoms with van der Waals surface area (Å²) in [5.41, 5.74) is 0.781. The standard InChI is InChI=1S/C34H26Cl2F2N2O5/c1-15-3-5-17(12-23(15)35)39-30(42)20-8-7-19-21(28(20)32(39)44)14-22-31(43)40(18-6-9-25(37)24(36)13-18)33(45)34(22,2)29(19)16-4-10-27(41)26(38)11-16/h3-7,9-13,20-22,28-29,41H,8,14H2,1-2H3. The van der Waals surface area contributed by atoms with Crippen LogP contribution in [0.25, 0.3) is 0 Å². The first-order valence-corrected chi connectivity index (χ1v) is 15.3. The summed E-state index contributed by atoms with van der Waals surface area (Å²) < 4.78 is 28.9. The zero-order chi connectivity index (χ0) is 32.1. The van der Waals surface area contributed by atoms with Crippen LogP contribution in [0, 0.1) is 47.6 Å². The Hall–Kier alpha value is -4.08. The topological polar surface area (TPSA) is 95.0 Å². The molecule has 2 saturated heterocycles. The summed E-state index contributed by atoms with van der Waals surface area (Å²) in [6, 6.07) is 12.3. The third kappa shape index (κ3) is 4.13. The van der Waals surface area contributed by atoms with Gasteiger partial charge in [0.15, 0.2) is 11.6 Å². The first-order valence-electron chi connectivity index (χ1n) is 14.5. The maximum atomic E-state index is 14.9. The molecular weight excluding hydrogens is 625 g/mol. The molecule has 230 valence electrons. The van der Waals surface area contributed by atoms with E-state index < -0.39 is 70.1 Å². The quantitative estimate of drug-likeness (QED) is 0.251. The highest BCUT2D eigenvalue weighted by Crippen LogP contribution is 2.64. The summed E-state index contributed by atoms with van der Waals surface area (Å²) in [7, 11) is 0. The number of benzene rings is 3. The van der Waals surface area contributed by atoms with Gasteiger partial charge in [0.05, 0.1) is 39.6 Å². The molecule has 0 bridgehead atoms. The van der Waals surface area contributed by atoms with E-state index in [1.807, 2.05) is 13.0 Å². The molecule has 2 heterocycles. The molecule has 3 aromatic carbocycles. The molecule has 45 heavy (non-hydrogen) atoms. The minimum Gasteiger partial charge on any atom is -0.505 e. The predicted molar refractivity (Wildman–Crippen MR) is 163 cm³/mol. The summed E-state index contributed by atoms with van der Waals surface area (Å²) in [6.07, 6.45) is 2.13. The SMILES string of the molecule is Cc1ccc(N2C(=O)C3CC=C4C(CC5C(=O)N(c6ccc(F)c(Cl)c6)C(=O)C5(C)C4c4ccc(O)c(F)c4)C3C2=O)cc1Cl. The van der Waals surface area contributed by atoms with Gasteiger partial charge in [-0.05, 0) is 86.2 Å². The number of amides is 4. The maximum Gasteiger partial charge on any atom is 0.241 e. The molecule has 1 N–H and O–H groups in total. The minimum atomic E-state index is -1.44. The van der Waals surface area contributed by atoms with Gasteiger partial charge in [-0.2, -0.15) is 0 Å². The van der Waals surface area contributed by atoms with Crippen LogP contribution in [-0.4, -0.2) is 28.7 Å². The van der Waals surface area contributed by atoms with Crippen LogP contribution in [0.2, 0.25) is 10.0 Å². The number of halogens is 4. The third-order valence-electron chi connectivity index (χ3n) is 10.2. The Balaban J connectivity index is 1.37. The molecule has 0 spiro atoms. The maximum absolute atomic E-state index is 14.9. The molecule has 0 aromatic heterocycles. The fourth-order valence-corrected chi connectivity index (χ4v) is 8.29. The predicted octanol–water partition coefficient (Wildman–Crippen LogP) is 6.72. The number of allylic oxidation sites excluding steroid dienone is 2. The van der Waals surface area contributed by atoms with Crippen LogP contribution in [0.3, 0.4) is 0 Å². The van der Waals surface area contributed by atoms with Crippen LogP contribution in [0.15, 0.2) is 66.2 Å². The van der Waals surface area contributed by atoms with Crippen molar-refractivity contribution in [3.05, 3.63) is 99.1 Å². The Kier molecular flexibility index (Phi) is 6.73. The van der Waals surface area contributed by atoms with Crippen molar-refractivity contribution in [2.45, 2.75) is 32.6 Å². The van der Waals surface area contributed by atoms with Gasteiger partial charge >= 0.3 is 0 Å². The Bertz CT molecular complexity index is 1900. The van der Waals surface area contributed by atoms with Crippen LogP contribution in [0.1, 0.15) is 36.8 Å². The zero-order valence-electron chi connectivity index (χ0n) is 24.1. The summed E-state index contributed by atoms with van der Waals surface area (Å²) in [5.74, 6) is -8.15. The highest BCUT2D eigenvalue weighted by molar-refractivity contribution is 6.32. The van der Waals surface area contributed by atoms with Crippen molar-refractivity contribution in [1.82, 2.24) is 0 Å². The van der Waals surface area contributed by atoms with Crippen molar-refractivity contribution in [3.8, 4) is 5.75 Å². The Labute approximate surface area is 267 Å². The fraction of sp³-hybridized carbons (Fsp3) is 0.294. The zero-order valence-corrected chi connectivity index (χ0v) is 25.6. The summed E-state index contributed by atoms with van der Waals surface area (Å²) in [6.45, 7) is 3.45. The average Bonchev–Trinajstić information content (AvgIpc) is 3.37. The molecule has 11 heteroatoms. The number of phenols is 1. The largest absolute Gasteiger partial charge is 0.505 e. The monoisotopic (exact) mass is 650 g/mol. The number of rotatable bonds is 3. The summed E-state index contributed by atoms with van der Waals surface area (Å²) >= 11 is 12.4. The van der Waals surface area contributed by atoms with E-state index >= 15 is 0 Å². The van der Waals surface area contributed by atoms with Crippen molar-refractivity contribution in [3.63, 3.8) is 0 Å². The second kappa shape index (κ2) is 10.2. The average molecular weight is 651 g/mol. The van der Waals surface area contributed by atoms with E-state index in [9.17, 15) is 33.1 Å². The lowest BCUT2D eigenvalue weighted by atomic mass is 9.51. The molecule has 7 nitrogen and oxygen atoms in total. The highest BCUT2D eigenvalue weighted by atomic mass is 35.5. The molecule has 3 fully saturated rings. The number of anilines is 2. The van der Waals surface area contributed by atoms with Crippen molar-refractivity contribution in [2.75, 3.05) is 9.80 Å². The number of aromatic hydroxyl groups is 1. The van der Waals surface area contributed by atoms with E-state index in [-0.39, 0.29) is 29.5 Å². The van der Waals surface area contributed by atoms with E-state index in [1.54, 1.807) is 25.1 Å². The number of hydrogen-bond donors (Lipinski definition) is 1. The molecule has 4 amide bonds. The number of aryl methyl sites for hydroxylation is 1. The molecule has 4 aliphatic rings. The summed E-state index contributed by atoms with van der Waals surface area (Å²) in [4.78, 5) is 58.6. The van der Waals surface area contributed by atoms with Crippen LogP contribution in [0.5, 0.6) is 5.75 Å². The lowest BCUT2D eigenvalue weighted by Crippen LogP contribution is -2.48. The highest BCUT2D eigenvalue weighted by Gasteiger charge is 2.67. The van der Waals surface area contributed by atoms with Crippen LogP contribution in [-0.2, 0) is 19.2 Å². The molecule has 2 aliphatic carbocycles. The second-order valence-corrected chi connectivity index (χ2v) is 13.2. The number of carbonyl (C=O) groups is 4. The van der Waals surface area contributed by atoms with Crippen LogP contribution < -0.4 is 9.80 Å². The van der Waals surface area contributed by atoms with Crippen molar-refractivity contribution < 1.29 is 33.1 Å². The minimum absolute atomic E-state index is 0.0814. The van der Waals surface area contributed by atoms with E-state index in [0.717, 1.165) is 27.5 Å². The van der Waals surface area contributed by atoms with Gasteiger partial charge in [0.1, 0.15) is 5.82 Å². The number of fused-ring (bicyclic) bond motifs is 4. The molecule has 3 aromatic rings. The number of carbonyl (C=O) groups excluding carboxylic acids is 4. The van der Waals surface area contributed by atoms with Gasteiger partial charge in [0.2, 0.25) is 23.6 Å². The van der Waals surface area contributed by atoms with Crippen molar-refractivity contribution in [2.24, 2.45) is 29.1 Å². The van der Waals surface area contributed by atoms with Gasteiger partial charge < -0.3 is 5.11 Å². The molecule has 2 aliphatic heterocycles. The van der Waals surface area contributed by atoms with Crippen molar-refractivity contribution >= 4 is 58.2 Å². The Morgan fingerprint density at radius 2 is 1.51 bits per heavy atom. The van der Waals surface area contributed by atoms with Gasteiger partial charge in [0.25, 0.3) is 0 Å². The van der Waals surface area contributed by atoms with E-state index in [2.05, 4.69) is 0 Å². The smallest absolute Gasteiger partial charge is 0.241 e. The number of hydrogen-bond acceptors (Lipinski definition) is 5. The van der Waals surface area contributed by atoms with E-state index in [0.29, 0.717) is 21.8 Å². The second-order valence-electron chi connectivity index (χ2n) is 12.4. The van der Waals surface area contributed by atoms with Crippen molar-refractivity contribution in [1.29, 1.82) is 0 Å². The Morgan fingerprint density at radius 3 is 2.20 bits per heavy atom. The number of phenolic OH excluding ortho intramolecular Hbond substituents is 1. The lowest BCUT2D eigenvalue weighted by Gasteiger charge is -2.49. The van der Waals surface area contributed by atoms with Gasteiger partial charge in [0, 0.05) is 10.9 Å².